The molecule has 0 saturated carbocycles. The molecule has 1 unspecified atom stereocenters. The van der Waals surface area contributed by atoms with E-state index < -0.39 is 8.07 Å². The van der Waals surface area contributed by atoms with Crippen LogP contribution in [0.2, 0.25) is 25.7 Å². The Morgan fingerprint density at radius 1 is 1.14 bits per heavy atom. The van der Waals surface area contributed by atoms with Crippen molar-refractivity contribution >= 4 is 24.9 Å². The summed E-state index contributed by atoms with van der Waals surface area (Å²) in [5.74, 6) is 0.798. The number of benzene rings is 1. The Hall–Kier alpha value is -1.94. The molecule has 1 atom stereocenters. The van der Waals surface area contributed by atoms with E-state index in [4.69, 9.17) is 19.3 Å². The maximum Gasteiger partial charge on any atom is 0.275 e. The molecule has 35 heavy (non-hydrogen) atoms. The quantitative estimate of drug-likeness (QED) is 0.405. The molecule has 8 nitrogen and oxygen atoms in total. The maximum absolute atomic E-state index is 13.9. The number of rotatable bonds is 8. The van der Waals surface area contributed by atoms with Gasteiger partial charge in [-0.1, -0.05) is 19.6 Å². The molecule has 0 aliphatic carbocycles. The van der Waals surface area contributed by atoms with Gasteiger partial charge in [0.1, 0.15) is 18.6 Å². The summed E-state index contributed by atoms with van der Waals surface area (Å²) < 4.78 is 19.7. The Morgan fingerprint density at radius 3 is 2.71 bits per heavy atom. The lowest BCUT2D eigenvalue weighted by molar-refractivity contribution is 0.00748. The van der Waals surface area contributed by atoms with Crippen LogP contribution in [0, 0.1) is 0 Å². The van der Waals surface area contributed by atoms with Crippen LogP contribution in [0.4, 0.5) is 0 Å². The highest BCUT2D eigenvalue weighted by Gasteiger charge is 2.34. The molecule has 0 radical (unpaired) electrons. The topological polar surface area (TPSA) is 69.1 Å². The number of fused-ring (bicyclic) bond motifs is 5. The predicted octanol–water partition coefficient (Wildman–Crippen LogP) is 3.83. The molecule has 4 fully saturated rings. The Bertz CT molecular complexity index is 1020. The summed E-state index contributed by atoms with van der Waals surface area (Å²) in [4.78, 5) is 18.4. The molecule has 9 heteroatoms. The summed E-state index contributed by atoms with van der Waals surface area (Å²) in [7, 11) is -1.17. The number of nitrogens with zero attached hydrogens (tertiary/aromatic N) is 4. The van der Waals surface area contributed by atoms with Crippen molar-refractivity contribution in [3.63, 3.8) is 0 Å². The van der Waals surface area contributed by atoms with Gasteiger partial charge in [-0.15, -0.1) is 0 Å². The fraction of sp³-hybridized carbons (Fsp3) is 0.692. The summed E-state index contributed by atoms with van der Waals surface area (Å²) in [5.41, 5.74) is 1.43. The molecular formula is C26H40N4O4Si. The summed E-state index contributed by atoms with van der Waals surface area (Å²) in [6.07, 6.45) is 4.13. The van der Waals surface area contributed by atoms with E-state index in [2.05, 4.69) is 29.4 Å². The molecule has 2 aromatic rings. The van der Waals surface area contributed by atoms with Crippen molar-refractivity contribution in [2.75, 3.05) is 46.0 Å². The van der Waals surface area contributed by atoms with Crippen LogP contribution in [-0.4, -0.2) is 91.7 Å². The Morgan fingerprint density at radius 2 is 1.97 bits per heavy atom. The lowest BCUT2D eigenvalue weighted by atomic mass is 10.0. The van der Waals surface area contributed by atoms with Crippen molar-refractivity contribution in [3.05, 3.63) is 23.9 Å². The van der Waals surface area contributed by atoms with Gasteiger partial charge in [-0.3, -0.25) is 4.79 Å². The van der Waals surface area contributed by atoms with Crippen molar-refractivity contribution in [3.8, 4) is 5.75 Å². The highest BCUT2D eigenvalue weighted by Crippen LogP contribution is 2.29. The monoisotopic (exact) mass is 500 g/mol. The second kappa shape index (κ2) is 10.6. The highest BCUT2D eigenvalue weighted by molar-refractivity contribution is 6.76. The minimum atomic E-state index is -1.17. The Kier molecular flexibility index (Phi) is 7.48. The second-order valence-corrected chi connectivity index (χ2v) is 17.0. The first-order chi connectivity index (χ1) is 16.9. The van der Waals surface area contributed by atoms with Gasteiger partial charge in [0.15, 0.2) is 5.69 Å². The van der Waals surface area contributed by atoms with Crippen molar-refractivity contribution in [2.24, 2.45) is 0 Å². The summed E-state index contributed by atoms with van der Waals surface area (Å²) in [6.45, 7) is 13.4. The number of amides is 1. The number of hydrogen-bond acceptors (Lipinski definition) is 6. The van der Waals surface area contributed by atoms with Crippen LogP contribution in [0.3, 0.4) is 0 Å². The first-order valence-electron chi connectivity index (χ1n) is 13.2. The zero-order valence-electron chi connectivity index (χ0n) is 21.5. The molecule has 2 bridgehead atoms. The van der Waals surface area contributed by atoms with Crippen LogP contribution in [0.1, 0.15) is 36.2 Å². The Balaban J connectivity index is 1.41. The fourth-order valence-electron chi connectivity index (χ4n) is 5.30. The smallest absolute Gasteiger partial charge is 0.275 e. The van der Waals surface area contributed by atoms with Gasteiger partial charge in [-0.25, -0.2) is 4.68 Å². The van der Waals surface area contributed by atoms with E-state index in [1.807, 2.05) is 22.9 Å². The number of carbonyl (C=O) groups excluding carboxylic acids is 1. The van der Waals surface area contributed by atoms with E-state index in [-0.39, 0.29) is 12.0 Å². The average molecular weight is 501 g/mol. The van der Waals surface area contributed by atoms with Gasteiger partial charge in [-0.05, 0) is 49.9 Å². The van der Waals surface area contributed by atoms with Crippen molar-refractivity contribution < 1.29 is 19.0 Å². The molecule has 0 N–H and O–H groups in total. The molecule has 6 rings (SSSR count). The summed E-state index contributed by atoms with van der Waals surface area (Å²) >= 11 is 0. The number of aromatic nitrogens is 2. The molecule has 1 aromatic heterocycles. The molecule has 1 aromatic carbocycles. The van der Waals surface area contributed by atoms with Gasteiger partial charge < -0.3 is 24.0 Å². The minimum absolute atomic E-state index is 0.0303. The van der Waals surface area contributed by atoms with Gasteiger partial charge in [0, 0.05) is 58.9 Å². The maximum atomic E-state index is 13.9. The lowest BCUT2D eigenvalue weighted by Crippen LogP contribution is -2.41. The number of piperidine rings is 1. The number of hydrogen-bond donors (Lipinski definition) is 0. The highest BCUT2D eigenvalue weighted by atomic mass is 28.3. The zero-order chi connectivity index (χ0) is 24.4. The molecular weight excluding hydrogens is 460 g/mol. The van der Waals surface area contributed by atoms with Gasteiger partial charge in [0.2, 0.25) is 0 Å². The normalized spacial score (nSPS) is 25.1. The third-order valence-electron chi connectivity index (χ3n) is 7.47. The Labute approximate surface area is 209 Å². The predicted molar refractivity (Wildman–Crippen MR) is 139 cm³/mol. The molecule has 5 heterocycles. The van der Waals surface area contributed by atoms with Gasteiger partial charge in [-0.2, -0.15) is 5.10 Å². The standard InChI is InChI=1S/C26H40N4O4Si/c1-35(2,3)16-15-33-19-30-24-7-6-21(34-22-5-4-14-32-18-22)17-23(24)25(27-30)26(31)29-13-12-28-10-8-20(29)9-11-28/h6-7,17,20,22H,4-5,8-16,18-19H2,1-3H3. The van der Waals surface area contributed by atoms with Crippen molar-refractivity contribution in [1.29, 1.82) is 0 Å². The van der Waals surface area contributed by atoms with Gasteiger partial charge in [0.05, 0.1) is 12.1 Å². The molecule has 1 amide bonds. The van der Waals surface area contributed by atoms with Crippen molar-refractivity contribution in [1.82, 2.24) is 19.6 Å². The molecule has 4 saturated heterocycles. The number of carbonyl (C=O) groups is 1. The fourth-order valence-corrected chi connectivity index (χ4v) is 6.06. The van der Waals surface area contributed by atoms with Crippen LogP contribution >= 0.6 is 0 Å². The summed E-state index contributed by atoms with van der Waals surface area (Å²) in [5, 5.41) is 5.66. The second-order valence-electron chi connectivity index (χ2n) is 11.4. The minimum Gasteiger partial charge on any atom is -0.488 e. The third-order valence-corrected chi connectivity index (χ3v) is 9.18. The lowest BCUT2D eigenvalue weighted by Gasteiger charge is -2.31. The van der Waals surface area contributed by atoms with Crippen LogP contribution in [0.15, 0.2) is 18.2 Å². The van der Waals surface area contributed by atoms with Gasteiger partial charge >= 0.3 is 0 Å². The SMILES string of the molecule is C[Si](C)(C)CCOCn1nc(C(=O)N2CCN3CCC2CC3)c2cc(OC3CCCOC3)ccc21. The van der Waals surface area contributed by atoms with E-state index in [9.17, 15) is 4.79 Å². The van der Waals surface area contributed by atoms with Crippen LogP contribution in [0.5, 0.6) is 5.75 Å². The van der Waals surface area contributed by atoms with Crippen molar-refractivity contribution in [2.45, 2.75) is 70.2 Å². The molecule has 192 valence electrons. The first kappa shape index (κ1) is 24.7. The van der Waals surface area contributed by atoms with Crippen LogP contribution in [0.25, 0.3) is 10.9 Å². The largest absolute Gasteiger partial charge is 0.488 e. The van der Waals surface area contributed by atoms with Crippen LogP contribution < -0.4 is 4.74 Å². The zero-order valence-corrected chi connectivity index (χ0v) is 22.5. The molecule has 4 aliphatic heterocycles. The van der Waals surface area contributed by atoms with E-state index >= 15 is 0 Å². The number of ether oxygens (including phenoxy) is 3. The van der Waals surface area contributed by atoms with E-state index in [0.717, 1.165) is 81.2 Å². The summed E-state index contributed by atoms with van der Waals surface area (Å²) in [6, 6.07) is 7.38. The first-order valence-corrected chi connectivity index (χ1v) is 16.9. The van der Waals surface area contributed by atoms with E-state index in [0.29, 0.717) is 31.7 Å². The van der Waals surface area contributed by atoms with E-state index in [1.165, 1.54) is 0 Å². The van der Waals surface area contributed by atoms with Gasteiger partial charge in [0.25, 0.3) is 5.91 Å². The third kappa shape index (κ3) is 5.90. The average Bonchev–Trinajstić information content (AvgIpc) is 2.96. The van der Waals surface area contributed by atoms with Crippen LogP contribution in [-0.2, 0) is 16.2 Å². The van der Waals surface area contributed by atoms with E-state index in [1.54, 1.807) is 0 Å². The molecule has 0 spiro atoms. The molecule has 4 aliphatic rings.